The Labute approximate surface area is 173 Å². The Bertz CT molecular complexity index is 1180. The number of nitrogens with two attached hydrogens (primary N) is 1. The van der Waals surface area contributed by atoms with E-state index in [4.69, 9.17) is 10.5 Å². The van der Waals surface area contributed by atoms with E-state index in [0.29, 0.717) is 16.3 Å². The molecule has 3 aromatic rings. The van der Waals surface area contributed by atoms with Gasteiger partial charge in [-0.3, -0.25) is 9.36 Å². The Kier molecular flexibility index (Phi) is 5.46. The Balaban J connectivity index is 1.50. The largest absolute Gasteiger partial charge is 0.473 e. The molecule has 1 aromatic carbocycles. The number of anilines is 1. The number of carbonyl (C=O) groups excluding carboxylic acids is 1. The van der Waals surface area contributed by atoms with E-state index >= 15 is 0 Å². The predicted octanol–water partition coefficient (Wildman–Crippen LogP) is 2.34. The zero-order valence-corrected chi connectivity index (χ0v) is 16.4. The zero-order chi connectivity index (χ0) is 21.3. The number of rotatable bonds is 6. The van der Waals surface area contributed by atoms with Gasteiger partial charge in [-0.2, -0.15) is 13.9 Å². The molecule has 0 aliphatic carbocycles. The molecule has 11 heteroatoms. The summed E-state index contributed by atoms with van der Waals surface area (Å²) in [5.41, 5.74) is 5.03. The number of thiophene rings is 1. The molecule has 8 nitrogen and oxygen atoms in total. The first-order chi connectivity index (χ1) is 14.5. The minimum Gasteiger partial charge on any atom is -0.473 e. The average Bonchev–Trinajstić information content (AvgIpc) is 3.33. The number of halogens is 2. The van der Waals surface area contributed by atoms with Crippen LogP contribution >= 0.6 is 11.3 Å². The Morgan fingerprint density at radius 3 is 2.80 bits per heavy atom. The Morgan fingerprint density at radius 2 is 2.03 bits per heavy atom. The summed E-state index contributed by atoms with van der Waals surface area (Å²) in [5.74, 6) is 0.305. The number of ether oxygens (including phenoxy) is 1. The number of hydrogen-bond acceptors (Lipinski definition) is 6. The molecule has 0 radical (unpaired) electrons. The third-order valence-electron chi connectivity index (χ3n) is 4.55. The molecule has 0 saturated heterocycles. The molecule has 1 aliphatic rings. The number of amides is 1. The quantitative estimate of drug-likeness (QED) is 0.621. The second kappa shape index (κ2) is 8.20. The van der Waals surface area contributed by atoms with Gasteiger partial charge in [0.2, 0.25) is 6.10 Å². The van der Waals surface area contributed by atoms with Gasteiger partial charge in [0.1, 0.15) is 12.1 Å². The summed E-state index contributed by atoms with van der Waals surface area (Å²) in [6.07, 6.45) is -1.41. The number of aromatic nitrogens is 3. The van der Waals surface area contributed by atoms with Crippen LogP contribution in [-0.2, 0) is 17.9 Å². The number of para-hydroxylation sites is 2. The van der Waals surface area contributed by atoms with Crippen LogP contribution < -0.4 is 21.5 Å². The van der Waals surface area contributed by atoms with Crippen molar-refractivity contribution in [2.45, 2.75) is 19.2 Å². The van der Waals surface area contributed by atoms with Gasteiger partial charge in [0.05, 0.1) is 23.7 Å². The molecule has 1 atom stereocenters. The van der Waals surface area contributed by atoms with Crippen molar-refractivity contribution in [3.63, 3.8) is 0 Å². The zero-order valence-electron chi connectivity index (χ0n) is 15.5. The SMILES string of the molecule is NCC(Cn1ncn(Cc2ccc(C3Oc4ccccc4NC3=O)s2)c1=O)=C(F)F. The molecule has 2 aromatic heterocycles. The number of hydrogen-bond donors (Lipinski definition) is 2. The summed E-state index contributed by atoms with van der Waals surface area (Å²) in [4.78, 5) is 26.3. The first-order valence-electron chi connectivity index (χ1n) is 8.96. The van der Waals surface area contributed by atoms with Gasteiger partial charge in [0.25, 0.3) is 12.0 Å². The highest BCUT2D eigenvalue weighted by molar-refractivity contribution is 7.12. The van der Waals surface area contributed by atoms with Crippen LogP contribution in [0.3, 0.4) is 0 Å². The molecule has 4 rings (SSSR count). The number of fused-ring (bicyclic) bond motifs is 1. The van der Waals surface area contributed by atoms with E-state index in [9.17, 15) is 18.4 Å². The van der Waals surface area contributed by atoms with E-state index < -0.39 is 17.9 Å². The van der Waals surface area contributed by atoms with Crippen LogP contribution in [0.2, 0.25) is 0 Å². The smallest absolute Gasteiger partial charge is 0.346 e. The monoisotopic (exact) mass is 433 g/mol. The summed E-state index contributed by atoms with van der Waals surface area (Å²) < 4.78 is 33.6. The van der Waals surface area contributed by atoms with Crippen LogP contribution in [0.25, 0.3) is 0 Å². The lowest BCUT2D eigenvalue weighted by Gasteiger charge is -2.24. The molecule has 0 saturated carbocycles. The summed E-state index contributed by atoms with van der Waals surface area (Å²) in [5, 5.41) is 6.69. The molecule has 156 valence electrons. The second-order valence-electron chi connectivity index (χ2n) is 6.55. The molecular weight excluding hydrogens is 416 g/mol. The van der Waals surface area contributed by atoms with E-state index in [1.54, 1.807) is 30.3 Å². The van der Waals surface area contributed by atoms with E-state index in [1.807, 2.05) is 6.07 Å². The van der Waals surface area contributed by atoms with Gasteiger partial charge in [-0.1, -0.05) is 12.1 Å². The van der Waals surface area contributed by atoms with Crippen molar-refractivity contribution in [1.29, 1.82) is 0 Å². The molecule has 3 N–H and O–H groups in total. The van der Waals surface area contributed by atoms with Gasteiger partial charge in [0, 0.05) is 17.0 Å². The van der Waals surface area contributed by atoms with E-state index in [2.05, 4.69) is 10.4 Å². The van der Waals surface area contributed by atoms with Crippen molar-refractivity contribution in [3.05, 3.63) is 74.6 Å². The van der Waals surface area contributed by atoms with Gasteiger partial charge >= 0.3 is 5.69 Å². The fourth-order valence-electron chi connectivity index (χ4n) is 3.00. The van der Waals surface area contributed by atoms with Gasteiger partial charge in [-0.15, -0.1) is 11.3 Å². The number of nitrogens with one attached hydrogen (secondary N) is 1. The first-order valence-corrected chi connectivity index (χ1v) is 9.78. The molecule has 30 heavy (non-hydrogen) atoms. The fourth-order valence-corrected chi connectivity index (χ4v) is 4.04. The molecule has 3 heterocycles. The lowest BCUT2D eigenvalue weighted by atomic mass is 10.2. The second-order valence-corrected chi connectivity index (χ2v) is 7.75. The maximum absolute atomic E-state index is 12.8. The van der Waals surface area contributed by atoms with Gasteiger partial charge in [-0.05, 0) is 24.3 Å². The van der Waals surface area contributed by atoms with Crippen molar-refractivity contribution < 1.29 is 18.3 Å². The highest BCUT2D eigenvalue weighted by Gasteiger charge is 2.30. The van der Waals surface area contributed by atoms with Crippen LogP contribution in [0.5, 0.6) is 5.75 Å². The van der Waals surface area contributed by atoms with Crippen LogP contribution in [0.1, 0.15) is 15.9 Å². The lowest BCUT2D eigenvalue weighted by Crippen LogP contribution is -2.29. The third kappa shape index (κ3) is 3.89. The van der Waals surface area contributed by atoms with Crippen LogP contribution in [0, 0.1) is 0 Å². The van der Waals surface area contributed by atoms with Crippen molar-refractivity contribution in [1.82, 2.24) is 14.3 Å². The standard InChI is InChI=1S/C19H17F2N5O3S/c20-17(21)11(7-22)8-26-19(28)25(10-23-26)9-12-5-6-15(30-12)16-18(27)24-13-3-1-2-4-14(13)29-16/h1-6,10,16H,7-9,22H2,(H,24,27). The van der Waals surface area contributed by atoms with Crippen LogP contribution in [0.15, 0.2) is 59.2 Å². The molecule has 1 unspecified atom stereocenters. The van der Waals surface area contributed by atoms with E-state index in [1.165, 1.54) is 22.2 Å². The molecule has 1 amide bonds. The Morgan fingerprint density at radius 1 is 1.23 bits per heavy atom. The number of nitrogens with zero attached hydrogens (tertiary/aromatic N) is 3. The molecular formula is C19H17F2N5O3S. The van der Waals surface area contributed by atoms with Crippen LogP contribution in [-0.4, -0.2) is 26.8 Å². The highest BCUT2D eigenvalue weighted by Crippen LogP contribution is 2.36. The van der Waals surface area contributed by atoms with Gasteiger partial charge in [-0.25, -0.2) is 9.48 Å². The van der Waals surface area contributed by atoms with Gasteiger partial charge < -0.3 is 15.8 Å². The van der Waals surface area contributed by atoms with Crippen molar-refractivity contribution in [2.24, 2.45) is 5.73 Å². The molecule has 1 aliphatic heterocycles. The first kappa shape index (κ1) is 20.0. The topological polar surface area (TPSA) is 104 Å². The third-order valence-corrected chi connectivity index (χ3v) is 5.66. The van der Waals surface area contributed by atoms with E-state index in [-0.39, 0.29) is 31.1 Å². The van der Waals surface area contributed by atoms with Crippen molar-refractivity contribution >= 4 is 22.9 Å². The normalized spacial score (nSPS) is 15.3. The maximum atomic E-state index is 12.8. The van der Waals surface area contributed by atoms with Crippen molar-refractivity contribution in [3.8, 4) is 5.75 Å². The average molecular weight is 433 g/mol. The van der Waals surface area contributed by atoms with Gasteiger partial charge in [0.15, 0.2) is 0 Å². The fraction of sp³-hybridized carbons (Fsp3) is 0.211. The number of carbonyl (C=O) groups is 1. The molecule has 0 spiro atoms. The summed E-state index contributed by atoms with van der Waals surface area (Å²) in [6, 6.07) is 10.7. The van der Waals surface area contributed by atoms with Crippen LogP contribution in [0.4, 0.5) is 14.5 Å². The summed E-state index contributed by atoms with van der Waals surface area (Å²) in [6.45, 7) is -0.535. The summed E-state index contributed by atoms with van der Waals surface area (Å²) in [7, 11) is 0. The minimum atomic E-state index is -1.91. The molecule has 0 fully saturated rings. The predicted molar refractivity (Wildman–Crippen MR) is 107 cm³/mol. The lowest BCUT2D eigenvalue weighted by molar-refractivity contribution is -0.123. The summed E-state index contributed by atoms with van der Waals surface area (Å²) >= 11 is 1.32. The Hall–Kier alpha value is -3.31. The molecule has 0 bridgehead atoms. The maximum Gasteiger partial charge on any atom is 0.346 e. The van der Waals surface area contributed by atoms with Crippen molar-refractivity contribution in [2.75, 3.05) is 11.9 Å². The highest BCUT2D eigenvalue weighted by atomic mass is 32.1. The number of benzene rings is 1. The van der Waals surface area contributed by atoms with E-state index in [0.717, 1.165) is 9.56 Å². The minimum absolute atomic E-state index is 0.189.